The molecule has 206 valence electrons. The Labute approximate surface area is 250 Å². The highest BCUT2D eigenvalue weighted by Gasteiger charge is 2.28. The number of fused-ring (bicyclic) bond motifs is 2. The molecule has 0 spiro atoms. The lowest BCUT2D eigenvalue weighted by atomic mass is 9.93. The fourth-order valence-corrected chi connectivity index (χ4v) is 8.77. The van der Waals surface area contributed by atoms with E-state index in [0.29, 0.717) is 11.8 Å². The molecule has 6 rings (SSSR count). The van der Waals surface area contributed by atoms with Crippen LogP contribution in [-0.4, -0.2) is 9.52 Å². The summed E-state index contributed by atoms with van der Waals surface area (Å²) in [7, 11) is 0.937. The summed E-state index contributed by atoms with van der Waals surface area (Å²) in [4.78, 5) is 0. The average molecular weight is 551 g/mol. The fraction of sp³-hybridized carbons (Fsp3) is 0.300. The Morgan fingerprint density at radius 3 is 1.34 bits per heavy atom. The third kappa shape index (κ3) is 5.57. The zero-order valence-electron chi connectivity index (χ0n) is 25.1. The largest absolute Gasteiger partial charge is 0.0655 e. The zero-order chi connectivity index (χ0) is 28.3. The van der Waals surface area contributed by atoms with Crippen molar-refractivity contribution in [2.45, 2.75) is 77.3 Å². The third-order valence-electron chi connectivity index (χ3n) is 9.18. The molecule has 0 aliphatic heterocycles. The highest BCUT2D eigenvalue weighted by molar-refractivity contribution is 6.36. The predicted molar refractivity (Wildman–Crippen MR) is 180 cm³/mol. The van der Waals surface area contributed by atoms with Gasteiger partial charge in [-0.25, -0.2) is 0 Å². The van der Waals surface area contributed by atoms with Gasteiger partial charge < -0.3 is 0 Å². The number of allylic oxidation sites excluding steroid dienone is 2. The molecule has 0 saturated carbocycles. The molecule has 2 atom stereocenters. The van der Waals surface area contributed by atoms with Gasteiger partial charge in [-0.05, 0) is 82.3 Å². The van der Waals surface area contributed by atoms with Crippen LogP contribution in [0, 0.1) is 0 Å². The van der Waals surface area contributed by atoms with Gasteiger partial charge in [0.05, 0.1) is 0 Å². The Bertz CT molecular complexity index is 1460. The molecular weight excluding hydrogens is 509 g/mol. The summed E-state index contributed by atoms with van der Waals surface area (Å²) in [6.45, 7) is 9.19. The molecule has 41 heavy (non-hydrogen) atoms. The van der Waals surface area contributed by atoms with E-state index < -0.39 is 0 Å². The Morgan fingerprint density at radius 1 is 0.537 bits per heavy atom. The summed E-state index contributed by atoms with van der Waals surface area (Å²) in [6, 6.07) is 34.9. The van der Waals surface area contributed by atoms with E-state index in [9.17, 15) is 0 Å². The quantitative estimate of drug-likeness (QED) is 0.172. The standard InChI is InChI=1S/C40H42Si/c1-5-9-29-15-19-31(20-16-29)33-11-7-13-35-37(33)23-27(3)39(35)25-41-26-40-28(4)24-38-34(12-8-14-36(38)40)32-21-17-30(10-6-2)18-22-32/h7-8,11-24,39-40H,5-6,9-10,25-26H2,1-4H3. The maximum Gasteiger partial charge on any atom is 0.0397 e. The Hall–Kier alpha value is -3.42. The molecule has 0 nitrogen and oxygen atoms in total. The first-order chi connectivity index (χ1) is 20.1. The normalized spacial score (nSPS) is 17.3. The molecule has 2 unspecified atom stereocenters. The summed E-state index contributed by atoms with van der Waals surface area (Å²) < 4.78 is 0. The molecule has 0 amide bonds. The van der Waals surface area contributed by atoms with Crippen LogP contribution in [0.3, 0.4) is 0 Å². The van der Waals surface area contributed by atoms with E-state index in [4.69, 9.17) is 0 Å². The van der Waals surface area contributed by atoms with Crippen LogP contribution in [-0.2, 0) is 12.8 Å². The van der Waals surface area contributed by atoms with Crippen molar-refractivity contribution >= 4 is 21.7 Å². The van der Waals surface area contributed by atoms with Gasteiger partial charge in [0.15, 0.2) is 0 Å². The highest BCUT2D eigenvalue weighted by atomic mass is 28.2. The molecule has 0 N–H and O–H groups in total. The molecule has 4 aromatic carbocycles. The van der Waals surface area contributed by atoms with Gasteiger partial charge in [-0.3, -0.25) is 0 Å². The Morgan fingerprint density at radius 2 is 0.951 bits per heavy atom. The molecule has 1 heteroatoms. The van der Waals surface area contributed by atoms with Crippen molar-refractivity contribution in [3.05, 3.63) is 129 Å². The van der Waals surface area contributed by atoms with Crippen LogP contribution in [0.1, 0.15) is 85.8 Å². The number of rotatable bonds is 10. The summed E-state index contributed by atoms with van der Waals surface area (Å²) in [5.41, 5.74) is 17.3. The van der Waals surface area contributed by atoms with E-state index in [-0.39, 0.29) is 0 Å². The average Bonchev–Trinajstić information content (AvgIpc) is 3.49. The number of aryl methyl sites for hydroxylation is 2. The lowest BCUT2D eigenvalue weighted by Gasteiger charge is -2.19. The second-order valence-electron chi connectivity index (χ2n) is 12.1. The van der Waals surface area contributed by atoms with Gasteiger partial charge in [-0.1, -0.05) is 147 Å². The Balaban J connectivity index is 1.17. The molecular formula is C40H42Si. The lowest BCUT2D eigenvalue weighted by Crippen LogP contribution is -2.06. The number of benzene rings is 4. The van der Waals surface area contributed by atoms with Gasteiger partial charge in [0.1, 0.15) is 0 Å². The molecule has 0 aromatic heterocycles. The summed E-state index contributed by atoms with van der Waals surface area (Å²) in [5.74, 6) is 1.08. The molecule has 0 heterocycles. The molecule has 2 aliphatic carbocycles. The van der Waals surface area contributed by atoms with Crippen molar-refractivity contribution in [2.75, 3.05) is 0 Å². The molecule has 0 saturated heterocycles. The van der Waals surface area contributed by atoms with Gasteiger partial charge in [-0.2, -0.15) is 0 Å². The van der Waals surface area contributed by atoms with E-state index in [2.05, 4.69) is 125 Å². The van der Waals surface area contributed by atoms with Crippen molar-refractivity contribution in [1.82, 2.24) is 0 Å². The van der Waals surface area contributed by atoms with Crippen molar-refractivity contribution in [1.29, 1.82) is 0 Å². The monoisotopic (exact) mass is 550 g/mol. The van der Waals surface area contributed by atoms with Crippen LogP contribution in [0.25, 0.3) is 34.4 Å². The maximum absolute atomic E-state index is 2.47. The van der Waals surface area contributed by atoms with Crippen LogP contribution < -0.4 is 0 Å². The van der Waals surface area contributed by atoms with Crippen LogP contribution in [0.15, 0.2) is 96.1 Å². The first-order valence-electron chi connectivity index (χ1n) is 15.6. The maximum atomic E-state index is 2.47. The SMILES string of the molecule is CCCc1ccc(-c2cccc3c2C=C(C)C3C[Si]CC2C(C)=Cc3c(-c4ccc(CCC)cc4)cccc32)cc1. The molecule has 0 bridgehead atoms. The van der Waals surface area contributed by atoms with Crippen LogP contribution >= 0.6 is 0 Å². The predicted octanol–water partition coefficient (Wildman–Crippen LogP) is 11.2. The van der Waals surface area contributed by atoms with Gasteiger partial charge in [0.2, 0.25) is 0 Å². The van der Waals surface area contributed by atoms with E-state index in [1.165, 1.54) is 91.7 Å². The highest BCUT2D eigenvalue weighted by Crippen LogP contribution is 2.46. The second kappa shape index (κ2) is 12.2. The third-order valence-corrected chi connectivity index (χ3v) is 10.6. The van der Waals surface area contributed by atoms with Gasteiger partial charge in [0.25, 0.3) is 0 Å². The zero-order valence-corrected chi connectivity index (χ0v) is 26.1. The van der Waals surface area contributed by atoms with E-state index in [1.807, 2.05) is 0 Å². The van der Waals surface area contributed by atoms with Crippen molar-refractivity contribution in [3.8, 4) is 22.3 Å². The van der Waals surface area contributed by atoms with Crippen molar-refractivity contribution in [3.63, 3.8) is 0 Å². The van der Waals surface area contributed by atoms with Crippen molar-refractivity contribution in [2.24, 2.45) is 0 Å². The fourth-order valence-electron chi connectivity index (χ4n) is 6.94. The van der Waals surface area contributed by atoms with Crippen LogP contribution in [0.2, 0.25) is 12.1 Å². The second-order valence-corrected chi connectivity index (χ2v) is 13.4. The van der Waals surface area contributed by atoms with Crippen molar-refractivity contribution < 1.29 is 0 Å². The lowest BCUT2D eigenvalue weighted by molar-refractivity contribution is 0.876. The molecule has 4 aromatic rings. The molecule has 0 fully saturated rings. The summed E-state index contributed by atoms with van der Waals surface area (Å²) >= 11 is 0. The molecule has 2 radical (unpaired) electrons. The first kappa shape index (κ1) is 27.7. The van der Waals surface area contributed by atoms with Crippen LogP contribution in [0.4, 0.5) is 0 Å². The summed E-state index contributed by atoms with van der Waals surface area (Å²) in [6.07, 6.45) is 9.63. The van der Waals surface area contributed by atoms with E-state index in [1.54, 1.807) is 0 Å². The van der Waals surface area contributed by atoms with E-state index >= 15 is 0 Å². The van der Waals surface area contributed by atoms with E-state index in [0.717, 1.165) is 22.4 Å². The number of hydrogen-bond acceptors (Lipinski definition) is 0. The number of hydrogen-bond donors (Lipinski definition) is 0. The summed E-state index contributed by atoms with van der Waals surface area (Å²) in [5, 5.41) is 0. The molecule has 2 aliphatic rings. The minimum Gasteiger partial charge on any atom is -0.0655 e. The van der Waals surface area contributed by atoms with Gasteiger partial charge in [0, 0.05) is 21.4 Å². The Kier molecular flexibility index (Phi) is 8.26. The topological polar surface area (TPSA) is 0 Å². The smallest absolute Gasteiger partial charge is 0.0397 e. The van der Waals surface area contributed by atoms with Crippen LogP contribution in [0.5, 0.6) is 0 Å². The first-order valence-corrected chi connectivity index (χ1v) is 17.0. The van der Waals surface area contributed by atoms with Gasteiger partial charge >= 0.3 is 0 Å². The minimum absolute atomic E-state index is 0.542. The minimum atomic E-state index is 0.542. The van der Waals surface area contributed by atoms with Gasteiger partial charge in [-0.15, -0.1) is 0 Å².